The minimum Gasteiger partial charge on any atom is -0.505 e. The van der Waals surface area contributed by atoms with Crippen molar-refractivity contribution in [2.45, 2.75) is 58.2 Å². The molecule has 0 fully saturated rings. The molecule has 2 aromatic rings. The third-order valence-electron chi connectivity index (χ3n) is 5.35. The lowest BCUT2D eigenvalue weighted by Gasteiger charge is -2.38. The molecule has 0 radical (unpaired) electrons. The Morgan fingerprint density at radius 2 is 1.17 bits per heavy atom. The molecule has 0 atom stereocenters. The Bertz CT molecular complexity index is 942. The van der Waals surface area contributed by atoms with Crippen LogP contribution in [0.25, 0.3) is 0 Å². The molecule has 0 bridgehead atoms. The second-order valence-corrected chi connectivity index (χ2v) is 13.7. The van der Waals surface area contributed by atoms with Crippen molar-refractivity contribution >= 4 is 8.07 Å². The molecule has 160 valence electrons. The van der Waals surface area contributed by atoms with E-state index in [2.05, 4.69) is 58.9 Å². The zero-order valence-corrected chi connectivity index (χ0v) is 19.4. The van der Waals surface area contributed by atoms with E-state index >= 15 is 0 Å². The number of benzene rings is 2. The van der Waals surface area contributed by atoms with Gasteiger partial charge in [0.05, 0.1) is 0 Å². The highest BCUT2D eigenvalue weighted by atomic mass is 28.3. The van der Waals surface area contributed by atoms with Crippen molar-refractivity contribution in [2.24, 2.45) is 0 Å². The number of hydrogen-bond donors (Lipinski definition) is 2. The minimum absolute atomic E-state index is 0.331. The monoisotopic (exact) mass is 428 g/mol. The number of phenols is 2. The largest absolute Gasteiger partial charge is 0.505 e. The average Bonchev–Trinajstić information content (AvgIpc) is 2.67. The van der Waals surface area contributed by atoms with Crippen molar-refractivity contribution in [3.8, 4) is 35.3 Å². The number of terminal acetylenes is 1. The van der Waals surface area contributed by atoms with Gasteiger partial charge < -0.3 is 10.2 Å². The van der Waals surface area contributed by atoms with E-state index in [9.17, 15) is 13.9 Å². The van der Waals surface area contributed by atoms with Crippen molar-refractivity contribution in [2.75, 3.05) is 0 Å². The predicted molar refractivity (Wildman–Crippen MR) is 122 cm³/mol. The first-order chi connectivity index (χ1) is 13.9. The van der Waals surface area contributed by atoms with Crippen molar-refractivity contribution in [3.63, 3.8) is 0 Å². The lowest BCUT2D eigenvalue weighted by molar-refractivity contribution is 0.432. The summed E-state index contributed by atoms with van der Waals surface area (Å²) in [5, 5.41) is 18.2. The summed E-state index contributed by atoms with van der Waals surface area (Å²) in [5.41, 5.74) is 6.38. The normalized spacial score (nSPS) is 10.9. The van der Waals surface area contributed by atoms with E-state index < -0.39 is 25.5 Å². The minimum atomic E-state index is -1.78. The first-order valence-corrected chi connectivity index (χ1v) is 12.2. The SMILES string of the molecule is C#Cc1ccc(F)c(O)c1.CC(C)[Si](C#Cc1ccc(F)c(O)c1)(C(C)C)C(C)C. The number of hydrogen-bond acceptors (Lipinski definition) is 2. The van der Waals surface area contributed by atoms with Gasteiger partial charge in [-0.1, -0.05) is 53.4 Å². The predicted octanol–water partition coefficient (Wildman–Crippen LogP) is 6.61. The molecule has 5 heteroatoms. The van der Waals surface area contributed by atoms with Crippen LogP contribution in [0.15, 0.2) is 36.4 Å². The van der Waals surface area contributed by atoms with Gasteiger partial charge in [0.25, 0.3) is 0 Å². The van der Waals surface area contributed by atoms with E-state index in [1.807, 2.05) is 0 Å². The fourth-order valence-electron chi connectivity index (χ4n) is 3.81. The summed E-state index contributed by atoms with van der Waals surface area (Å²) >= 11 is 0. The Morgan fingerprint density at radius 3 is 1.53 bits per heavy atom. The summed E-state index contributed by atoms with van der Waals surface area (Å²) in [4.78, 5) is 0. The van der Waals surface area contributed by atoms with Crippen LogP contribution in [0.3, 0.4) is 0 Å². The van der Waals surface area contributed by atoms with Crippen molar-refractivity contribution in [1.82, 2.24) is 0 Å². The van der Waals surface area contributed by atoms with Gasteiger partial charge in [-0.3, -0.25) is 0 Å². The maximum Gasteiger partial charge on any atom is 0.164 e. The Balaban J connectivity index is 0.000000375. The van der Waals surface area contributed by atoms with Gasteiger partial charge in [-0.25, -0.2) is 8.78 Å². The molecule has 0 aliphatic heterocycles. The summed E-state index contributed by atoms with van der Waals surface area (Å²) in [6, 6.07) is 8.06. The highest BCUT2D eigenvalue weighted by Gasteiger charge is 2.41. The van der Waals surface area contributed by atoms with Crippen molar-refractivity contribution in [3.05, 3.63) is 59.2 Å². The highest BCUT2D eigenvalue weighted by molar-refractivity contribution is 6.90. The molecular weight excluding hydrogens is 398 g/mol. The molecule has 0 aliphatic rings. The van der Waals surface area contributed by atoms with E-state index in [-0.39, 0.29) is 5.75 Å². The van der Waals surface area contributed by atoms with Gasteiger partial charge in [-0.05, 0) is 53.0 Å². The Kier molecular flexibility index (Phi) is 9.14. The molecule has 0 spiro atoms. The second-order valence-electron chi connectivity index (χ2n) is 8.12. The van der Waals surface area contributed by atoms with E-state index in [4.69, 9.17) is 11.5 Å². The van der Waals surface area contributed by atoms with Gasteiger partial charge >= 0.3 is 0 Å². The Morgan fingerprint density at radius 1 is 0.767 bits per heavy atom. The van der Waals surface area contributed by atoms with Gasteiger partial charge in [-0.2, -0.15) is 0 Å². The molecule has 0 heterocycles. The third-order valence-corrected chi connectivity index (χ3v) is 11.6. The molecule has 0 unspecified atom stereocenters. The van der Waals surface area contributed by atoms with E-state index in [1.54, 1.807) is 6.07 Å². The van der Waals surface area contributed by atoms with Crippen molar-refractivity contribution < 1.29 is 19.0 Å². The van der Waals surface area contributed by atoms with Crippen LogP contribution in [0.1, 0.15) is 52.7 Å². The molecule has 2 rings (SSSR count). The molecule has 2 aromatic carbocycles. The molecule has 0 amide bonds. The number of rotatable bonds is 3. The van der Waals surface area contributed by atoms with Crippen LogP contribution >= 0.6 is 0 Å². The summed E-state index contributed by atoms with van der Waals surface area (Å²) in [7, 11) is -1.78. The van der Waals surface area contributed by atoms with Crippen LogP contribution in [0, 0.1) is 35.4 Å². The zero-order chi connectivity index (χ0) is 23.1. The van der Waals surface area contributed by atoms with Crippen LogP contribution in [0.5, 0.6) is 11.5 Å². The zero-order valence-electron chi connectivity index (χ0n) is 18.4. The fourth-order valence-corrected chi connectivity index (χ4v) is 9.03. The van der Waals surface area contributed by atoms with Gasteiger partial charge in [0.1, 0.15) is 8.07 Å². The van der Waals surface area contributed by atoms with E-state index in [0.29, 0.717) is 27.8 Å². The number of aromatic hydroxyl groups is 2. The lowest BCUT2D eigenvalue weighted by atomic mass is 10.2. The van der Waals surface area contributed by atoms with Crippen molar-refractivity contribution in [1.29, 1.82) is 0 Å². The number of phenolic OH excluding ortho intramolecular Hbond substituents is 2. The molecule has 0 aliphatic carbocycles. The van der Waals surface area contributed by atoms with E-state index in [1.165, 1.54) is 24.3 Å². The molecular formula is C25H30F2O2Si. The Hall–Kier alpha value is -2.76. The van der Waals surface area contributed by atoms with Crippen LogP contribution < -0.4 is 0 Å². The summed E-state index contributed by atoms with van der Waals surface area (Å²) in [6.07, 6.45) is 4.99. The third kappa shape index (κ3) is 6.12. The van der Waals surface area contributed by atoms with Crippen LogP contribution in [-0.2, 0) is 0 Å². The quantitative estimate of drug-likeness (QED) is 0.426. The molecule has 0 saturated heterocycles. The fraction of sp³-hybridized carbons (Fsp3) is 0.360. The average molecular weight is 429 g/mol. The van der Waals surface area contributed by atoms with Crippen LogP contribution in [0.2, 0.25) is 16.6 Å². The first-order valence-electron chi connectivity index (χ1n) is 9.92. The lowest BCUT2D eigenvalue weighted by Crippen LogP contribution is -2.43. The second kappa shape index (κ2) is 10.9. The van der Waals surface area contributed by atoms with Crippen LogP contribution in [-0.4, -0.2) is 18.3 Å². The molecule has 2 nitrogen and oxygen atoms in total. The molecule has 0 saturated carbocycles. The van der Waals surface area contributed by atoms with Gasteiger partial charge in [0, 0.05) is 11.1 Å². The molecule has 0 aromatic heterocycles. The summed E-state index contributed by atoms with van der Waals surface area (Å²) in [6.45, 7) is 13.5. The van der Waals surface area contributed by atoms with Crippen LogP contribution in [0.4, 0.5) is 8.78 Å². The maximum atomic E-state index is 13.1. The molecule has 2 N–H and O–H groups in total. The summed E-state index contributed by atoms with van der Waals surface area (Å²) in [5.74, 6) is 3.46. The maximum absolute atomic E-state index is 13.1. The standard InChI is InChI=1S/C17H25FOSi.C8H5FO/c1-12(2)20(13(3)4,14(5)6)10-9-15-7-8-16(18)17(19)11-15;1-2-6-3-4-7(9)8(10)5-6/h7-8,11-14,19H,1-6H3;1,3-5,10H. The van der Waals surface area contributed by atoms with Gasteiger partial charge in [0.15, 0.2) is 23.1 Å². The van der Waals surface area contributed by atoms with E-state index in [0.717, 1.165) is 6.07 Å². The topological polar surface area (TPSA) is 40.5 Å². The highest BCUT2D eigenvalue weighted by Crippen LogP contribution is 2.40. The first kappa shape index (κ1) is 25.3. The number of halogens is 2. The molecule has 30 heavy (non-hydrogen) atoms. The summed E-state index contributed by atoms with van der Waals surface area (Å²) < 4.78 is 25.4. The smallest absolute Gasteiger partial charge is 0.164 e. The van der Waals surface area contributed by atoms with Gasteiger partial charge in [-0.15, -0.1) is 12.0 Å². The Labute approximate surface area is 180 Å². The van der Waals surface area contributed by atoms with Gasteiger partial charge in [0.2, 0.25) is 0 Å².